The molecule has 0 saturated carbocycles. The highest BCUT2D eigenvalue weighted by atomic mass is 79.9. The summed E-state index contributed by atoms with van der Waals surface area (Å²) in [5.74, 6) is -0.110. The molecule has 2 aromatic heterocycles. The van der Waals surface area contributed by atoms with Gasteiger partial charge in [-0.2, -0.15) is 5.10 Å². The number of H-pyrrole nitrogens is 1. The van der Waals surface area contributed by atoms with Crippen LogP contribution in [0.5, 0.6) is 0 Å². The van der Waals surface area contributed by atoms with Gasteiger partial charge in [0.1, 0.15) is 6.33 Å². The van der Waals surface area contributed by atoms with Crippen molar-refractivity contribution < 1.29 is 4.79 Å². The van der Waals surface area contributed by atoms with E-state index in [0.29, 0.717) is 4.88 Å². The Kier molecular flexibility index (Phi) is 4.37. The number of rotatable bonds is 4. The first-order valence-corrected chi connectivity index (χ1v) is 8.33. The summed E-state index contributed by atoms with van der Waals surface area (Å²) in [7, 11) is 0. The van der Waals surface area contributed by atoms with E-state index in [4.69, 9.17) is 0 Å². The number of anilines is 1. The molecule has 0 aliphatic rings. The van der Waals surface area contributed by atoms with Gasteiger partial charge >= 0.3 is 0 Å². The van der Waals surface area contributed by atoms with Crippen LogP contribution in [-0.4, -0.2) is 21.1 Å². The number of nitrogens with one attached hydrogen (secondary N) is 2. The number of aromatic nitrogens is 3. The van der Waals surface area contributed by atoms with E-state index in [1.165, 1.54) is 29.4 Å². The predicted molar refractivity (Wildman–Crippen MR) is 86.9 cm³/mol. The van der Waals surface area contributed by atoms with Crippen molar-refractivity contribution in [2.45, 2.75) is 10.1 Å². The summed E-state index contributed by atoms with van der Waals surface area (Å²) in [5, 5.41) is 10.2. The van der Waals surface area contributed by atoms with Gasteiger partial charge in [0.15, 0.2) is 5.16 Å². The molecule has 0 aliphatic carbocycles. The van der Waals surface area contributed by atoms with Crippen molar-refractivity contribution in [3.63, 3.8) is 0 Å². The zero-order valence-corrected chi connectivity index (χ0v) is 13.8. The maximum atomic E-state index is 12.0. The zero-order chi connectivity index (χ0) is 14.7. The average Bonchev–Trinajstić information content (AvgIpc) is 3.12. The lowest BCUT2D eigenvalue weighted by Gasteiger charge is -2.04. The van der Waals surface area contributed by atoms with Gasteiger partial charge in [0.05, 0.1) is 8.66 Å². The van der Waals surface area contributed by atoms with Gasteiger partial charge in [0.2, 0.25) is 0 Å². The Labute approximate surface area is 137 Å². The second kappa shape index (κ2) is 6.42. The number of amides is 1. The molecule has 3 rings (SSSR count). The Morgan fingerprint density at radius 1 is 1.24 bits per heavy atom. The minimum atomic E-state index is -0.110. The number of carbonyl (C=O) groups excluding carboxylic acids is 1. The molecule has 8 heteroatoms. The van der Waals surface area contributed by atoms with Crippen LogP contribution in [0.15, 0.2) is 56.6 Å². The molecule has 1 amide bonds. The van der Waals surface area contributed by atoms with Crippen LogP contribution in [0, 0.1) is 0 Å². The van der Waals surface area contributed by atoms with Crippen LogP contribution in [0.2, 0.25) is 0 Å². The van der Waals surface area contributed by atoms with E-state index in [2.05, 4.69) is 36.4 Å². The highest BCUT2D eigenvalue weighted by molar-refractivity contribution is 9.11. The van der Waals surface area contributed by atoms with Gasteiger partial charge in [0, 0.05) is 10.6 Å². The van der Waals surface area contributed by atoms with E-state index in [-0.39, 0.29) is 5.91 Å². The molecule has 0 saturated heterocycles. The van der Waals surface area contributed by atoms with E-state index in [1.807, 2.05) is 30.3 Å². The molecule has 0 atom stereocenters. The van der Waals surface area contributed by atoms with Gasteiger partial charge in [-0.25, -0.2) is 4.98 Å². The number of hydrogen-bond donors (Lipinski definition) is 2. The fourth-order valence-corrected chi connectivity index (χ4v) is 3.57. The van der Waals surface area contributed by atoms with Crippen LogP contribution in [0.3, 0.4) is 0 Å². The molecule has 5 nitrogen and oxygen atoms in total. The second-order valence-corrected chi connectivity index (χ2v) is 7.50. The van der Waals surface area contributed by atoms with Crippen LogP contribution < -0.4 is 5.32 Å². The molecule has 2 heterocycles. The monoisotopic (exact) mass is 380 g/mol. The summed E-state index contributed by atoms with van der Waals surface area (Å²) in [4.78, 5) is 17.8. The number of hydrogen-bond acceptors (Lipinski definition) is 5. The maximum absolute atomic E-state index is 12.0. The number of carbonyl (C=O) groups is 1. The van der Waals surface area contributed by atoms with Crippen molar-refractivity contribution in [1.82, 2.24) is 15.2 Å². The van der Waals surface area contributed by atoms with Crippen molar-refractivity contribution in [1.29, 1.82) is 0 Å². The summed E-state index contributed by atoms with van der Waals surface area (Å²) < 4.78 is 0.937. The Hall–Kier alpha value is -1.64. The Balaban J connectivity index is 1.65. The number of thiophene rings is 1. The lowest BCUT2D eigenvalue weighted by Crippen LogP contribution is -2.09. The van der Waals surface area contributed by atoms with E-state index < -0.39 is 0 Å². The lowest BCUT2D eigenvalue weighted by molar-refractivity contribution is 0.103. The lowest BCUT2D eigenvalue weighted by atomic mass is 10.3. The quantitative estimate of drug-likeness (QED) is 0.716. The van der Waals surface area contributed by atoms with Gasteiger partial charge in [0.25, 0.3) is 5.91 Å². The second-order valence-electron chi connectivity index (χ2n) is 3.97. The minimum Gasteiger partial charge on any atom is -0.321 e. The SMILES string of the molecule is O=C(Nc1ccc(Sc2ncn[nH]2)cc1)c1ccc(Br)s1. The van der Waals surface area contributed by atoms with Gasteiger partial charge < -0.3 is 5.32 Å². The third-order valence-electron chi connectivity index (χ3n) is 2.52. The highest BCUT2D eigenvalue weighted by Gasteiger charge is 2.09. The zero-order valence-electron chi connectivity index (χ0n) is 10.5. The van der Waals surface area contributed by atoms with E-state index in [0.717, 1.165) is 19.5 Å². The Morgan fingerprint density at radius 2 is 2.05 bits per heavy atom. The molecule has 0 radical (unpaired) electrons. The van der Waals surface area contributed by atoms with Crippen molar-refractivity contribution >= 4 is 50.6 Å². The number of aromatic amines is 1. The van der Waals surface area contributed by atoms with Crippen molar-refractivity contribution in [3.05, 3.63) is 51.4 Å². The normalized spacial score (nSPS) is 10.5. The summed E-state index contributed by atoms with van der Waals surface area (Å²) in [6, 6.07) is 11.2. The highest BCUT2D eigenvalue weighted by Crippen LogP contribution is 2.26. The number of benzene rings is 1. The van der Waals surface area contributed by atoms with Gasteiger partial charge in [-0.1, -0.05) is 11.8 Å². The number of nitrogens with zero attached hydrogens (tertiary/aromatic N) is 2. The van der Waals surface area contributed by atoms with Crippen molar-refractivity contribution in [2.75, 3.05) is 5.32 Å². The molecule has 1 aromatic carbocycles. The average molecular weight is 381 g/mol. The first kappa shape index (κ1) is 14.3. The van der Waals surface area contributed by atoms with Crippen LogP contribution >= 0.6 is 39.0 Å². The van der Waals surface area contributed by atoms with Gasteiger partial charge in [-0.3, -0.25) is 9.89 Å². The molecule has 0 unspecified atom stereocenters. The summed E-state index contributed by atoms with van der Waals surface area (Å²) in [5.41, 5.74) is 0.756. The molecular weight excluding hydrogens is 372 g/mol. The van der Waals surface area contributed by atoms with Gasteiger partial charge in [-0.05, 0) is 52.3 Å². The molecule has 106 valence electrons. The Bertz CT molecular complexity index is 740. The standard InChI is InChI=1S/C13H9BrN4OS2/c14-11-6-5-10(21-11)12(19)17-8-1-3-9(4-2-8)20-13-15-7-16-18-13/h1-7H,(H,17,19)(H,15,16,18). The molecule has 3 aromatic rings. The smallest absolute Gasteiger partial charge is 0.265 e. The first-order valence-electron chi connectivity index (χ1n) is 5.91. The summed E-state index contributed by atoms with van der Waals surface area (Å²) in [6.07, 6.45) is 1.47. The number of halogens is 1. The summed E-state index contributed by atoms with van der Waals surface area (Å²) in [6.45, 7) is 0. The molecule has 2 N–H and O–H groups in total. The van der Waals surface area contributed by atoms with Crippen LogP contribution in [0.4, 0.5) is 5.69 Å². The van der Waals surface area contributed by atoms with Crippen molar-refractivity contribution in [3.8, 4) is 0 Å². The molecule has 0 spiro atoms. The first-order chi connectivity index (χ1) is 10.2. The predicted octanol–water partition coefficient (Wildman–Crippen LogP) is 4.03. The van der Waals surface area contributed by atoms with E-state index in [9.17, 15) is 4.79 Å². The van der Waals surface area contributed by atoms with E-state index >= 15 is 0 Å². The molecule has 21 heavy (non-hydrogen) atoms. The fourth-order valence-electron chi connectivity index (χ4n) is 1.59. The Morgan fingerprint density at radius 3 is 2.67 bits per heavy atom. The summed E-state index contributed by atoms with van der Waals surface area (Å²) >= 11 is 6.22. The largest absolute Gasteiger partial charge is 0.321 e. The van der Waals surface area contributed by atoms with Crippen molar-refractivity contribution in [2.24, 2.45) is 0 Å². The molecular formula is C13H9BrN4OS2. The third kappa shape index (κ3) is 3.72. The molecule has 0 fully saturated rings. The maximum Gasteiger partial charge on any atom is 0.265 e. The topological polar surface area (TPSA) is 70.7 Å². The van der Waals surface area contributed by atoms with Crippen LogP contribution in [-0.2, 0) is 0 Å². The fraction of sp³-hybridized carbons (Fsp3) is 0. The minimum absolute atomic E-state index is 0.110. The van der Waals surface area contributed by atoms with Crippen LogP contribution in [0.1, 0.15) is 9.67 Å². The van der Waals surface area contributed by atoms with Gasteiger partial charge in [-0.15, -0.1) is 11.3 Å². The van der Waals surface area contributed by atoms with Crippen LogP contribution in [0.25, 0.3) is 0 Å². The molecule has 0 aliphatic heterocycles. The third-order valence-corrected chi connectivity index (χ3v) is 5.04. The molecule has 0 bridgehead atoms. The van der Waals surface area contributed by atoms with E-state index in [1.54, 1.807) is 6.07 Å².